The normalized spacial score (nSPS) is 27.8. The average Bonchev–Trinajstić information content (AvgIpc) is 3.06. The number of hydrogen-bond acceptors (Lipinski definition) is 6. The second-order valence-corrected chi connectivity index (χ2v) is 11.6. The fraction of sp³-hybridized carbons (Fsp3) is 0.778. The number of pyridine rings is 1. The lowest BCUT2D eigenvalue weighted by atomic mass is 9.87. The van der Waals surface area contributed by atoms with Crippen molar-refractivity contribution in [3.05, 3.63) is 28.2 Å². The molecule has 3 aliphatic heterocycles. The first-order chi connectivity index (χ1) is 16.6. The van der Waals surface area contributed by atoms with Gasteiger partial charge in [0.1, 0.15) is 0 Å². The van der Waals surface area contributed by atoms with Gasteiger partial charge >= 0.3 is 0 Å². The molecule has 0 saturated carbocycles. The maximum Gasteiger partial charge on any atom is 0.250 e. The fourth-order valence-electron chi connectivity index (χ4n) is 5.91. The SMILES string of the molecule is CCCCn1cc2c(cc1=O)C(C)(C)CN2C(=O)CN1C[C@@H](C)NC[C@@H]1CN1[C@H](C)COC[C@H]1C.Cl.Cl. The molecule has 212 valence electrons. The Morgan fingerprint density at radius 3 is 2.49 bits per heavy atom. The van der Waals surface area contributed by atoms with E-state index in [1.165, 1.54) is 0 Å². The van der Waals surface area contributed by atoms with Gasteiger partial charge in [-0.15, -0.1) is 24.8 Å². The topological polar surface area (TPSA) is 70.1 Å². The van der Waals surface area contributed by atoms with Gasteiger partial charge in [-0.1, -0.05) is 27.2 Å². The van der Waals surface area contributed by atoms with E-state index in [0.29, 0.717) is 37.8 Å². The first kappa shape index (κ1) is 32.1. The van der Waals surface area contributed by atoms with Gasteiger partial charge in [0.2, 0.25) is 5.91 Å². The minimum atomic E-state index is -0.233. The standard InChI is InChI=1S/C27H45N5O3.2ClH/c1-7-8-9-29-14-24-23(10-25(29)33)27(5,6)18-32(24)26(34)15-30-12-19(2)28-11-22(30)13-31-20(3)16-35-17-21(31)4;;/h10,14,19-22,28H,7-9,11-13,15-18H2,1-6H3;2*1H/t19-,20-,21-,22-;;/m1../s1. The van der Waals surface area contributed by atoms with Crippen molar-refractivity contribution >= 4 is 36.4 Å². The minimum absolute atomic E-state index is 0. The monoisotopic (exact) mass is 559 g/mol. The second-order valence-electron chi connectivity index (χ2n) is 11.6. The number of amides is 1. The van der Waals surface area contributed by atoms with E-state index in [1.807, 2.05) is 11.1 Å². The molecular formula is C27H47Cl2N5O3. The van der Waals surface area contributed by atoms with E-state index >= 15 is 0 Å². The third kappa shape index (κ3) is 7.08. The summed E-state index contributed by atoms with van der Waals surface area (Å²) < 4.78 is 7.51. The molecule has 0 bridgehead atoms. The number of unbranched alkanes of at least 4 members (excludes halogenated alkanes) is 1. The molecule has 0 radical (unpaired) electrons. The van der Waals surface area contributed by atoms with Crippen LogP contribution in [-0.4, -0.2) is 90.4 Å². The molecule has 37 heavy (non-hydrogen) atoms. The summed E-state index contributed by atoms with van der Waals surface area (Å²) in [5.74, 6) is 0.125. The molecule has 8 nitrogen and oxygen atoms in total. The highest BCUT2D eigenvalue weighted by atomic mass is 35.5. The van der Waals surface area contributed by atoms with Gasteiger partial charge < -0.3 is 19.5 Å². The molecule has 2 fully saturated rings. The molecule has 1 amide bonds. The number of carbonyl (C=O) groups is 1. The number of aryl methyl sites for hydroxylation is 1. The van der Waals surface area contributed by atoms with Crippen LogP contribution in [0.1, 0.15) is 59.9 Å². The highest BCUT2D eigenvalue weighted by Crippen LogP contribution is 2.39. The predicted molar refractivity (Wildman–Crippen MR) is 155 cm³/mol. The van der Waals surface area contributed by atoms with Crippen molar-refractivity contribution in [2.45, 2.75) is 90.5 Å². The summed E-state index contributed by atoms with van der Waals surface area (Å²) in [6.07, 6.45) is 3.91. The number of hydrogen-bond donors (Lipinski definition) is 1. The molecule has 0 unspecified atom stereocenters. The molecule has 10 heteroatoms. The summed E-state index contributed by atoms with van der Waals surface area (Å²) in [6.45, 7) is 18.9. The summed E-state index contributed by atoms with van der Waals surface area (Å²) in [4.78, 5) is 33.3. The Hall–Kier alpha value is -1.16. The van der Waals surface area contributed by atoms with Crippen LogP contribution in [0.5, 0.6) is 0 Å². The molecule has 2 saturated heterocycles. The number of aromatic nitrogens is 1. The van der Waals surface area contributed by atoms with Crippen LogP contribution in [0.3, 0.4) is 0 Å². The van der Waals surface area contributed by atoms with E-state index < -0.39 is 0 Å². The van der Waals surface area contributed by atoms with Crippen LogP contribution >= 0.6 is 24.8 Å². The lowest BCUT2D eigenvalue weighted by molar-refractivity contribution is -0.121. The summed E-state index contributed by atoms with van der Waals surface area (Å²) in [5, 5.41) is 3.62. The van der Waals surface area contributed by atoms with E-state index in [1.54, 1.807) is 10.6 Å². The maximum atomic E-state index is 13.8. The number of nitrogens with zero attached hydrogens (tertiary/aromatic N) is 4. The van der Waals surface area contributed by atoms with Crippen molar-refractivity contribution < 1.29 is 9.53 Å². The molecule has 1 aromatic rings. The van der Waals surface area contributed by atoms with E-state index in [2.05, 4.69) is 56.7 Å². The zero-order valence-corrected chi connectivity index (χ0v) is 25.0. The molecule has 1 N–H and O–H groups in total. The largest absolute Gasteiger partial charge is 0.378 e. The Bertz CT molecular complexity index is 962. The molecule has 1 aromatic heterocycles. The van der Waals surface area contributed by atoms with Gasteiger partial charge in [-0.05, 0) is 32.8 Å². The number of piperazine rings is 1. The number of anilines is 1. The van der Waals surface area contributed by atoms with Crippen LogP contribution < -0.4 is 15.8 Å². The summed E-state index contributed by atoms with van der Waals surface area (Å²) in [7, 11) is 0. The molecule has 4 heterocycles. The number of halogens is 2. The Morgan fingerprint density at radius 1 is 1.16 bits per heavy atom. The lowest BCUT2D eigenvalue weighted by Crippen LogP contribution is -2.63. The van der Waals surface area contributed by atoms with Crippen molar-refractivity contribution in [3.8, 4) is 0 Å². The van der Waals surface area contributed by atoms with Crippen LogP contribution in [0, 0.1) is 0 Å². The van der Waals surface area contributed by atoms with Crippen molar-refractivity contribution in [3.63, 3.8) is 0 Å². The van der Waals surface area contributed by atoms with Crippen molar-refractivity contribution in [1.29, 1.82) is 0 Å². The van der Waals surface area contributed by atoms with Crippen LogP contribution in [-0.2, 0) is 21.5 Å². The minimum Gasteiger partial charge on any atom is -0.378 e. The van der Waals surface area contributed by atoms with Crippen LogP contribution in [0.4, 0.5) is 5.69 Å². The highest BCUT2D eigenvalue weighted by Gasteiger charge is 2.40. The molecule has 0 spiro atoms. The van der Waals surface area contributed by atoms with Gasteiger partial charge in [0.25, 0.3) is 5.56 Å². The van der Waals surface area contributed by atoms with Gasteiger partial charge in [0, 0.05) is 74.6 Å². The summed E-state index contributed by atoms with van der Waals surface area (Å²) in [5.41, 5.74) is 1.70. The average molecular weight is 561 g/mol. The van der Waals surface area contributed by atoms with Crippen molar-refractivity contribution in [2.75, 3.05) is 50.8 Å². The Kier molecular flexibility index (Phi) is 11.5. The lowest BCUT2D eigenvalue weighted by Gasteiger charge is -2.46. The number of fused-ring (bicyclic) bond motifs is 1. The van der Waals surface area contributed by atoms with Gasteiger partial charge in [0.05, 0.1) is 25.4 Å². The zero-order chi connectivity index (χ0) is 25.3. The zero-order valence-electron chi connectivity index (χ0n) is 23.4. The number of rotatable bonds is 7. The third-order valence-electron chi connectivity index (χ3n) is 8.07. The van der Waals surface area contributed by atoms with Crippen LogP contribution in [0.2, 0.25) is 0 Å². The quantitative estimate of drug-likeness (QED) is 0.554. The van der Waals surface area contributed by atoms with E-state index in [-0.39, 0.29) is 47.7 Å². The second kappa shape index (κ2) is 13.3. The first-order valence-electron chi connectivity index (χ1n) is 13.5. The third-order valence-corrected chi connectivity index (χ3v) is 8.07. The molecular weight excluding hydrogens is 513 g/mol. The maximum absolute atomic E-state index is 13.8. The van der Waals surface area contributed by atoms with E-state index in [9.17, 15) is 9.59 Å². The summed E-state index contributed by atoms with van der Waals surface area (Å²) >= 11 is 0. The molecule has 0 aliphatic carbocycles. The summed E-state index contributed by atoms with van der Waals surface area (Å²) in [6, 6.07) is 3.13. The smallest absolute Gasteiger partial charge is 0.250 e. The Balaban J connectivity index is 0.00000241. The fourth-order valence-corrected chi connectivity index (χ4v) is 5.91. The first-order valence-corrected chi connectivity index (χ1v) is 13.5. The molecule has 4 rings (SSSR count). The van der Waals surface area contributed by atoms with Gasteiger partial charge in [-0.2, -0.15) is 0 Å². The number of morpholine rings is 1. The molecule has 3 aliphatic rings. The number of nitrogens with one attached hydrogen (secondary N) is 1. The van der Waals surface area contributed by atoms with E-state index in [0.717, 1.165) is 56.9 Å². The van der Waals surface area contributed by atoms with Crippen molar-refractivity contribution in [2.24, 2.45) is 0 Å². The number of carbonyl (C=O) groups excluding carboxylic acids is 1. The predicted octanol–water partition coefficient (Wildman–Crippen LogP) is 2.89. The Morgan fingerprint density at radius 2 is 1.84 bits per heavy atom. The van der Waals surface area contributed by atoms with Crippen molar-refractivity contribution in [1.82, 2.24) is 19.7 Å². The van der Waals surface area contributed by atoms with Crippen LogP contribution in [0.15, 0.2) is 17.1 Å². The van der Waals surface area contributed by atoms with Crippen LogP contribution in [0.25, 0.3) is 0 Å². The van der Waals surface area contributed by atoms with Gasteiger partial charge in [-0.25, -0.2) is 0 Å². The molecule has 0 aromatic carbocycles. The number of ether oxygens (including phenoxy) is 1. The van der Waals surface area contributed by atoms with Gasteiger partial charge in [-0.3, -0.25) is 19.4 Å². The Labute approximate surface area is 234 Å². The van der Waals surface area contributed by atoms with Gasteiger partial charge in [0.15, 0.2) is 0 Å². The molecule has 4 atom stereocenters. The highest BCUT2D eigenvalue weighted by molar-refractivity contribution is 5.97. The van der Waals surface area contributed by atoms with E-state index in [4.69, 9.17) is 4.74 Å².